The minimum absolute atomic E-state index is 0.211. The van der Waals surface area contributed by atoms with E-state index in [4.69, 9.17) is 0 Å². The number of anilines is 1. The smallest absolute Gasteiger partial charge is 0.248 e. The van der Waals surface area contributed by atoms with Crippen LogP contribution in [0.15, 0.2) is 72.8 Å². The van der Waals surface area contributed by atoms with Crippen molar-refractivity contribution in [2.45, 2.75) is 19.8 Å². The summed E-state index contributed by atoms with van der Waals surface area (Å²) in [5.41, 5.74) is 3.78. The van der Waals surface area contributed by atoms with E-state index in [9.17, 15) is 14.4 Å². The zero-order valence-corrected chi connectivity index (χ0v) is 16.8. The minimum Gasteiger partial charge on any atom is -0.322 e. The van der Waals surface area contributed by atoms with Gasteiger partial charge in [-0.25, -0.2) is 0 Å². The van der Waals surface area contributed by atoms with Gasteiger partial charge in [-0.1, -0.05) is 74.5 Å². The molecule has 0 bridgehead atoms. The molecule has 0 radical (unpaired) electrons. The van der Waals surface area contributed by atoms with Crippen molar-refractivity contribution < 1.29 is 14.4 Å². The van der Waals surface area contributed by atoms with Gasteiger partial charge < -0.3 is 5.32 Å². The van der Waals surface area contributed by atoms with Crippen LogP contribution in [0.2, 0.25) is 0 Å². The highest BCUT2D eigenvalue weighted by atomic mass is 16.2. The molecule has 0 atom stereocenters. The maximum absolute atomic E-state index is 13.0. The van der Waals surface area contributed by atoms with E-state index >= 15 is 0 Å². The third kappa shape index (κ3) is 3.60. The van der Waals surface area contributed by atoms with Crippen LogP contribution < -0.4 is 5.32 Å². The first kappa shape index (κ1) is 19.5. The van der Waals surface area contributed by atoms with Crippen LogP contribution in [0.4, 0.5) is 5.69 Å². The Morgan fingerprint density at radius 3 is 2.10 bits per heavy atom. The maximum Gasteiger partial charge on any atom is 0.248 e. The third-order valence-corrected chi connectivity index (χ3v) is 5.24. The van der Waals surface area contributed by atoms with Crippen molar-refractivity contribution in [3.8, 4) is 0 Å². The van der Waals surface area contributed by atoms with Crippen molar-refractivity contribution in [1.29, 1.82) is 0 Å². The van der Waals surface area contributed by atoms with Gasteiger partial charge in [0.1, 0.15) is 0 Å². The Balaban J connectivity index is 1.58. The number of fused-ring (bicyclic) bond motifs is 2. The van der Waals surface area contributed by atoms with Crippen LogP contribution in [-0.4, -0.2) is 17.5 Å². The standard InChI is InChI=1S/C26H21NO3/c1-16(2)18-13-10-17(11-14-18)12-15-23(28)27-22-9-5-8-21-24(22)26(30)20-7-4-3-6-19(20)25(21)29/h3-16H,1-2H3,(H,27,28)/b15-12+. The normalized spacial score (nSPS) is 12.8. The second-order valence-electron chi connectivity index (χ2n) is 7.58. The number of nitrogens with one attached hydrogen (secondary N) is 1. The summed E-state index contributed by atoms with van der Waals surface area (Å²) in [6, 6.07) is 19.7. The molecule has 0 saturated carbocycles. The number of rotatable bonds is 4. The first-order valence-corrected chi connectivity index (χ1v) is 9.86. The first-order valence-electron chi connectivity index (χ1n) is 9.86. The molecule has 3 aromatic rings. The van der Waals surface area contributed by atoms with Crippen LogP contribution in [0.1, 0.15) is 62.7 Å². The van der Waals surface area contributed by atoms with Gasteiger partial charge in [0.25, 0.3) is 0 Å². The van der Waals surface area contributed by atoms with E-state index in [0.29, 0.717) is 28.3 Å². The molecule has 0 saturated heterocycles. The number of amides is 1. The summed E-state index contributed by atoms with van der Waals surface area (Å²) in [7, 11) is 0. The van der Waals surface area contributed by atoms with E-state index in [0.717, 1.165) is 5.56 Å². The lowest BCUT2D eigenvalue weighted by Crippen LogP contribution is -2.23. The van der Waals surface area contributed by atoms with Gasteiger partial charge in [0, 0.05) is 22.8 Å². The molecule has 1 N–H and O–H groups in total. The molecule has 0 fully saturated rings. The van der Waals surface area contributed by atoms with Gasteiger partial charge in [-0.05, 0) is 29.2 Å². The van der Waals surface area contributed by atoms with Crippen LogP contribution in [0.25, 0.3) is 6.08 Å². The molecule has 148 valence electrons. The quantitative estimate of drug-likeness (QED) is 0.481. The Labute approximate surface area is 175 Å². The van der Waals surface area contributed by atoms with E-state index in [-0.39, 0.29) is 23.0 Å². The van der Waals surface area contributed by atoms with Gasteiger partial charge in [-0.15, -0.1) is 0 Å². The Morgan fingerprint density at radius 2 is 1.43 bits per heavy atom. The first-order chi connectivity index (χ1) is 14.5. The lowest BCUT2D eigenvalue weighted by atomic mass is 9.83. The Bertz CT molecular complexity index is 1190. The molecule has 4 heteroatoms. The summed E-state index contributed by atoms with van der Waals surface area (Å²) < 4.78 is 0. The molecule has 0 heterocycles. The molecule has 0 aromatic heterocycles. The van der Waals surface area contributed by atoms with Crippen molar-refractivity contribution in [3.05, 3.63) is 106 Å². The number of hydrogen-bond acceptors (Lipinski definition) is 3. The zero-order valence-electron chi connectivity index (χ0n) is 16.8. The molecule has 0 unspecified atom stereocenters. The Hall–Kier alpha value is -3.79. The summed E-state index contributed by atoms with van der Waals surface area (Å²) in [5, 5.41) is 2.75. The monoisotopic (exact) mass is 395 g/mol. The van der Waals surface area contributed by atoms with E-state index in [1.807, 2.05) is 24.3 Å². The predicted octanol–water partition coefficient (Wildman–Crippen LogP) is 5.24. The van der Waals surface area contributed by atoms with Crippen molar-refractivity contribution in [2.24, 2.45) is 0 Å². The van der Waals surface area contributed by atoms with Gasteiger partial charge in [0.2, 0.25) is 5.91 Å². The molecule has 4 nitrogen and oxygen atoms in total. The lowest BCUT2D eigenvalue weighted by molar-refractivity contribution is -0.111. The summed E-state index contributed by atoms with van der Waals surface area (Å²) in [4.78, 5) is 38.3. The van der Waals surface area contributed by atoms with E-state index in [1.165, 1.54) is 11.6 Å². The van der Waals surface area contributed by atoms with Crippen LogP contribution >= 0.6 is 0 Å². The lowest BCUT2D eigenvalue weighted by Gasteiger charge is -2.20. The maximum atomic E-state index is 13.0. The summed E-state index contributed by atoms with van der Waals surface area (Å²) >= 11 is 0. The van der Waals surface area contributed by atoms with E-state index in [1.54, 1.807) is 48.5 Å². The van der Waals surface area contributed by atoms with E-state index < -0.39 is 0 Å². The summed E-state index contributed by atoms with van der Waals surface area (Å²) in [5.74, 6) is -0.391. The molecule has 3 aromatic carbocycles. The van der Waals surface area contributed by atoms with Crippen molar-refractivity contribution in [2.75, 3.05) is 5.32 Å². The van der Waals surface area contributed by atoms with Crippen molar-refractivity contribution >= 4 is 29.2 Å². The molecular formula is C26H21NO3. The van der Waals surface area contributed by atoms with Crippen LogP contribution in [-0.2, 0) is 4.79 Å². The highest BCUT2D eigenvalue weighted by Gasteiger charge is 2.31. The van der Waals surface area contributed by atoms with Crippen LogP contribution in [0.5, 0.6) is 0 Å². The largest absolute Gasteiger partial charge is 0.322 e. The Morgan fingerprint density at radius 1 is 0.800 bits per heavy atom. The van der Waals surface area contributed by atoms with E-state index in [2.05, 4.69) is 19.2 Å². The highest BCUT2D eigenvalue weighted by molar-refractivity contribution is 6.30. The highest BCUT2D eigenvalue weighted by Crippen LogP contribution is 2.31. The zero-order chi connectivity index (χ0) is 21.3. The molecule has 0 spiro atoms. The number of ketones is 2. The molecule has 1 aliphatic rings. The minimum atomic E-state index is -0.365. The van der Waals surface area contributed by atoms with Crippen molar-refractivity contribution in [1.82, 2.24) is 0 Å². The number of carbonyl (C=O) groups excluding carboxylic acids is 3. The number of benzene rings is 3. The van der Waals surface area contributed by atoms with Gasteiger partial charge in [0.15, 0.2) is 11.6 Å². The van der Waals surface area contributed by atoms with Gasteiger partial charge >= 0.3 is 0 Å². The number of hydrogen-bond donors (Lipinski definition) is 1. The molecular weight excluding hydrogens is 374 g/mol. The molecule has 1 amide bonds. The fourth-order valence-electron chi connectivity index (χ4n) is 3.59. The summed E-state index contributed by atoms with van der Waals surface area (Å²) in [6.07, 6.45) is 3.14. The fourth-order valence-corrected chi connectivity index (χ4v) is 3.59. The Kier molecular flexibility index (Phi) is 5.15. The SMILES string of the molecule is CC(C)c1ccc(/C=C/C(=O)Nc2cccc3c2C(=O)c2ccccc2C3=O)cc1. The second kappa shape index (κ2) is 7.91. The number of carbonyl (C=O) groups is 3. The average molecular weight is 395 g/mol. The topological polar surface area (TPSA) is 63.2 Å². The molecule has 0 aliphatic heterocycles. The van der Waals surface area contributed by atoms with Crippen LogP contribution in [0, 0.1) is 0 Å². The van der Waals surface area contributed by atoms with Gasteiger partial charge in [-0.3, -0.25) is 14.4 Å². The van der Waals surface area contributed by atoms with Crippen molar-refractivity contribution in [3.63, 3.8) is 0 Å². The molecule has 30 heavy (non-hydrogen) atoms. The molecule has 1 aliphatic carbocycles. The third-order valence-electron chi connectivity index (χ3n) is 5.24. The predicted molar refractivity (Wildman–Crippen MR) is 118 cm³/mol. The molecule has 4 rings (SSSR count). The summed E-state index contributed by atoms with van der Waals surface area (Å²) in [6.45, 7) is 4.26. The average Bonchev–Trinajstić information content (AvgIpc) is 2.76. The van der Waals surface area contributed by atoms with Gasteiger partial charge in [-0.2, -0.15) is 0 Å². The fraction of sp³-hybridized carbons (Fsp3) is 0.115. The van der Waals surface area contributed by atoms with Crippen LogP contribution in [0.3, 0.4) is 0 Å². The van der Waals surface area contributed by atoms with Gasteiger partial charge in [0.05, 0.1) is 11.3 Å². The second-order valence-corrected chi connectivity index (χ2v) is 7.58.